The van der Waals surface area contributed by atoms with Crippen LogP contribution < -0.4 is 4.90 Å². The Balaban J connectivity index is 0.000000387. The quantitative estimate of drug-likeness (QED) is 0.338. The molecule has 2 aromatic rings. The Bertz CT molecular complexity index is 954. The number of likely N-dealkylation sites (N-methyl/N-ethyl adjacent to an activating group) is 1. The molecule has 163 valence electrons. The molecule has 0 bridgehead atoms. The van der Waals surface area contributed by atoms with Crippen LogP contribution in [0.15, 0.2) is 48.2 Å². The molecule has 2 aromatic carbocycles. The first kappa shape index (κ1) is 25.4. The van der Waals surface area contributed by atoms with Crippen LogP contribution in [0.3, 0.4) is 0 Å². The molecule has 0 fully saturated rings. The van der Waals surface area contributed by atoms with Crippen molar-refractivity contribution >= 4 is 34.5 Å². The molecule has 3 N–H and O–H groups in total. The number of rotatable bonds is 5. The van der Waals surface area contributed by atoms with Crippen molar-refractivity contribution < 1.29 is 31.4 Å². The molecule has 0 saturated carbocycles. The minimum absolute atomic E-state index is 0. The molecule has 1 aliphatic rings. The summed E-state index contributed by atoms with van der Waals surface area (Å²) in [6.07, 6.45) is 3.00. The molecule has 0 spiro atoms. The van der Waals surface area contributed by atoms with Gasteiger partial charge in [0.25, 0.3) is 0 Å². The first-order valence-corrected chi connectivity index (χ1v) is 9.70. The van der Waals surface area contributed by atoms with Gasteiger partial charge in [-0.25, -0.2) is 0 Å². The van der Waals surface area contributed by atoms with Gasteiger partial charge >= 0.3 is 5.97 Å². The number of nitrogens with zero attached hydrogens (tertiary/aromatic N) is 1. The summed E-state index contributed by atoms with van der Waals surface area (Å²) in [6, 6.07) is 13.0. The van der Waals surface area contributed by atoms with Crippen molar-refractivity contribution in [2.75, 3.05) is 18.1 Å². The van der Waals surface area contributed by atoms with E-state index in [0.717, 1.165) is 6.54 Å². The van der Waals surface area contributed by atoms with Crippen molar-refractivity contribution in [2.24, 2.45) is 0 Å². The van der Waals surface area contributed by atoms with Crippen molar-refractivity contribution in [3.8, 4) is 0 Å². The van der Waals surface area contributed by atoms with E-state index in [-0.39, 0.29) is 35.2 Å². The third-order valence-electron chi connectivity index (χ3n) is 4.95. The molecule has 3 rings (SSSR count). The van der Waals surface area contributed by atoms with Gasteiger partial charge in [0.05, 0.1) is 12.3 Å². The summed E-state index contributed by atoms with van der Waals surface area (Å²) in [7, 11) is 0. The van der Waals surface area contributed by atoms with Crippen LogP contribution in [-0.2, 0) is 31.7 Å². The summed E-state index contributed by atoms with van der Waals surface area (Å²) in [6.45, 7) is 9.52. The van der Waals surface area contributed by atoms with Crippen LogP contribution in [0.5, 0.6) is 0 Å². The van der Waals surface area contributed by atoms with E-state index in [1.165, 1.54) is 33.9 Å². The number of carbonyl (C=O) groups is 1. The molecular formula is C23H29CoN3O3. The molecule has 1 heterocycles. The zero-order valence-corrected chi connectivity index (χ0v) is 18.8. The molecule has 0 amide bonds. The summed E-state index contributed by atoms with van der Waals surface area (Å²) in [5, 5.41) is 24.7. The van der Waals surface area contributed by atoms with Gasteiger partial charge in [0.2, 0.25) is 0 Å². The topological polar surface area (TPSA) is 97.5 Å². The average Bonchev–Trinajstić information content (AvgIpc) is 2.89. The number of hydrogen-bond donors (Lipinski definition) is 3. The minimum Gasteiger partial charge on any atom is -0.496 e. The maximum atomic E-state index is 10.3. The van der Waals surface area contributed by atoms with E-state index in [2.05, 4.69) is 66.8 Å². The van der Waals surface area contributed by atoms with Crippen LogP contribution in [0.2, 0.25) is 0 Å². The Morgan fingerprint density at radius 3 is 2.43 bits per heavy atom. The second kappa shape index (κ2) is 10.9. The third kappa shape index (κ3) is 5.28. The Kier molecular flexibility index (Phi) is 9.26. The van der Waals surface area contributed by atoms with Gasteiger partial charge < -0.3 is 20.2 Å². The third-order valence-corrected chi connectivity index (χ3v) is 4.95. The van der Waals surface area contributed by atoms with E-state index < -0.39 is 11.9 Å². The largest absolute Gasteiger partial charge is 0.496 e. The van der Waals surface area contributed by atoms with Crippen molar-refractivity contribution in [3.63, 3.8) is 0 Å². The average molecular weight is 454 g/mol. The van der Waals surface area contributed by atoms with E-state index in [0.29, 0.717) is 0 Å². The van der Waals surface area contributed by atoms with Gasteiger partial charge in [-0.1, -0.05) is 50.2 Å². The fourth-order valence-electron chi connectivity index (χ4n) is 3.70. The number of carbonyl (C=O) groups excluding carboxylic acids is 1. The summed E-state index contributed by atoms with van der Waals surface area (Å²) >= 11 is 0. The number of ether oxygens (including phenoxy) is 1. The minimum atomic E-state index is -0.659. The van der Waals surface area contributed by atoms with E-state index in [1.54, 1.807) is 6.92 Å². The number of aliphatic hydroxyl groups excluding tert-OH is 1. The molecule has 0 atom stereocenters. The molecule has 0 aromatic heterocycles. The number of nitrogens with one attached hydrogen (secondary N) is 2. The van der Waals surface area contributed by atoms with Crippen molar-refractivity contribution in [2.45, 2.75) is 39.5 Å². The van der Waals surface area contributed by atoms with E-state index >= 15 is 0 Å². The number of hydrogen-bond acceptors (Lipinski definition) is 5. The molecule has 0 aliphatic carbocycles. The van der Waals surface area contributed by atoms with Crippen LogP contribution in [0.25, 0.3) is 10.8 Å². The van der Waals surface area contributed by atoms with E-state index in [1.807, 2.05) is 6.08 Å². The Morgan fingerprint density at radius 2 is 1.87 bits per heavy atom. The first-order chi connectivity index (χ1) is 13.8. The van der Waals surface area contributed by atoms with Crippen LogP contribution in [0.1, 0.15) is 39.7 Å². The molecule has 6 nitrogen and oxygen atoms in total. The van der Waals surface area contributed by atoms with Crippen LogP contribution >= 0.6 is 0 Å². The smallest absolute Gasteiger partial charge is 0.315 e. The SMILES string of the molecule is CCN1/C(=C\C=N)C(C)(C)c2ccc3ccccc3c21.CCOC(=O)CC(=N)O.[Co]. The van der Waals surface area contributed by atoms with Gasteiger partial charge in [0.1, 0.15) is 6.42 Å². The monoisotopic (exact) mass is 454 g/mol. The maximum Gasteiger partial charge on any atom is 0.315 e. The number of allylic oxidation sites excluding steroid dienone is 2. The number of anilines is 1. The molecule has 30 heavy (non-hydrogen) atoms. The predicted molar refractivity (Wildman–Crippen MR) is 118 cm³/mol. The van der Waals surface area contributed by atoms with Gasteiger partial charge in [-0.15, -0.1) is 0 Å². The van der Waals surface area contributed by atoms with Gasteiger partial charge in [-0.2, -0.15) is 0 Å². The summed E-state index contributed by atoms with van der Waals surface area (Å²) in [5.74, 6) is -1.22. The van der Waals surface area contributed by atoms with Crippen molar-refractivity contribution in [3.05, 3.63) is 53.7 Å². The van der Waals surface area contributed by atoms with Crippen LogP contribution in [0, 0.1) is 10.8 Å². The molecule has 0 saturated heterocycles. The van der Waals surface area contributed by atoms with Crippen molar-refractivity contribution in [1.82, 2.24) is 0 Å². The number of aliphatic hydroxyl groups is 1. The Labute approximate surface area is 188 Å². The standard InChI is InChI=1S/C18H20N2.C5H9NO3.Co/c1-4-20-16(11-12-19)18(2,3)15-10-9-13-7-5-6-8-14(13)17(15)20;1-2-9-5(8)3-4(6)7;/h5-12,19H,4H2,1-3H3;2-3H2,1H3,(H2,6,7);/b16-11-,19-12?;;. The molecule has 1 radical (unpaired) electrons. The number of benzene rings is 2. The molecule has 1 aliphatic heterocycles. The van der Waals surface area contributed by atoms with E-state index in [4.69, 9.17) is 15.9 Å². The second-order valence-corrected chi connectivity index (χ2v) is 7.20. The van der Waals surface area contributed by atoms with E-state index in [9.17, 15) is 4.79 Å². The summed E-state index contributed by atoms with van der Waals surface area (Å²) in [4.78, 5) is 12.7. The predicted octanol–water partition coefficient (Wildman–Crippen LogP) is 4.96. The van der Waals surface area contributed by atoms with Gasteiger partial charge in [0, 0.05) is 46.0 Å². The van der Waals surface area contributed by atoms with Gasteiger partial charge in [0.15, 0.2) is 5.90 Å². The Morgan fingerprint density at radius 1 is 1.20 bits per heavy atom. The molecule has 7 heteroatoms. The number of fused-ring (bicyclic) bond motifs is 3. The fraction of sp³-hybridized carbons (Fsp3) is 0.348. The zero-order chi connectivity index (χ0) is 21.6. The second-order valence-electron chi connectivity index (χ2n) is 7.20. The summed E-state index contributed by atoms with van der Waals surface area (Å²) < 4.78 is 4.41. The normalized spacial score (nSPS) is 14.9. The summed E-state index contributed by atoms with van der Waals surface area (Å²) in [5.41, 5.74) is 3.82. The van der Waals surface area contributed by atoms with Crippen LogP contribution in [0.4, 0.5) is 5.69 Å². The zero-order valence-electron chi connectivity index (χ0n) is 17.8. The van der Waals surface area contributed by atoms with Gasteiger partial charge in [-0.3, -0.25) is 10.2 Å². The van der Waals surface area contributed by atoms with Crippen molar-refractivity contribution in [1.29, 1.82) is 10.8 Å². The molecular weight excluding hydrogens is 425 g/mol. The maximum absolute atomic E-state index is 10.3. The first-order valence-electron chi connectivity index (χ1n) is 9.70. The van der Waals surface area contributed by atoms with Gasteiger partial charge in [-0.05, 0) is 30.9 Å². The molecule has 0 unspecified atom stereocenters. The number of esters is 1. The Hall–Kier alpha value is -2.64. The van der Waals surface area contributed by atoms with Crippen LogP contribution in [-0.4, -0.2) is 36.3 Å². The fourth-order valence-corrected chi connectivity index (χ4v) is 3.70.